The molecule has 0 bridgehead atoms. The van der Waals surface area contributed by atoms with Crippen molar-refractivity contribution in [3.8, 4) is 0 Å². The van der Waals surface area contributed by atoms with Crippen LogP contribution < -0.4 is 5.56 Å². The van der Waals surface area contributed by atoms with Gasteiger partial charge in [0.1, 0.15) is 11.9 Å². The average molecular weight is 348 g/mol. The fraction of sp³-hybridized carbons (Fsp3) is 0.667. The average Bonchev–Trinajstić information content (AvgIpc) is 3.07. The third-order valence-electron chi connectivity index (χ3n) is 3.03. The summed E-state index contributed by atoms with van der Waals surface area (Å²) < 4.78 is 6.14. The monoisotopic (exact) mass is 348 g/mol. The quantitative estimate of drug-likeness (QED) is 0.851. The lowest BCUT2D eigenvalue weighted by molar-refractivity contribution is 0.0767. The van der Waals surface area contributed by atoms with Crippen LogP contribution in [-0.4, -0.2) is 17.1 Å². The minimum Gasteiger partial charge on any atom is -0.373 e. The van der Waals surface area contributed by atoms with Gasteiger partial charge >= 0.3 is 0 Å². The van der Waals surface area contributed by atoms with Gasteiger partial charge in [-0.2, -0.15) is 0 Å². The third kappa shape index (κ3) is 2.70. The van der Waals surface area contributed by atoms with Crippen LogP contribution in [0, 0.1) is 9.49 Å². The van der Waals surface area contributed by atoms with Crippen molar-refractivity contribution < 1.29 is 4.74 Å². The van der Waals surface area contributed by atoms with Crippen LogP contribution in [0.1, 0.15) is 50.2 Å². The van der Waals surface area contributed by atoms with Gasteiger partial charge in [-0.3, -0.25) is 4.79 Å². The first-order valence-corrected chi connectivity index (χ1v) is 6.94. The molecule has 1 aromatic rings. The Morgan fingerprint density at radius 1 is 1.47 bits per heavy atom. The molecule has 1 saturated carbocycles. The molecule has 1 atom stereocenters. The summed E-state index contributed by atoms with van der Waals surface area (Å²) in [7, 11) is 1.68. The molecule has 0 aromatic carbocycles. The number of rotatable bonds is 4. The van der Waals surface area contributed by atoms with E-state index >= 15 is 0 Å². The van der Waals surface area contributed by atoms with Crippen molar-refractivity contribution in [2.75, 3.05) is 7.11 Å². The summed E-state index contributed by atoms with van der Waals surface area (Å²) in [5.74, 6) is 1.45. The van der Waals surface area contributed by atoms with Crippen molar-refractivity contribution in [3.05, 3.63) is 25.4 Å². The van der Waals surface area contributed by atoms with E-state index in [4.69, 9.17) is 4.74 Å². The highest BCUT2D eigenvalue weighted by atomic mass is 127. The van der Waals surface area contributed by atoms with Crippen molar-refractivity contribution in [1.82, 2.24) is 9.97 Å². The molecule has 1 N–H and O–H groups in total. The first kappa shape index (κ1) is 13.0. The van der Waals surface area contributed by atoms with Gasteiger partial charge in [0.15, 0.2) is 0 Å². The van der Waals surface area contributed by atoms with Crippen molar-refractivity contribution >= 4 is 22.6 Å². The zero-order valence-corrected chi connectivity index (χ0v) is 12.4. The van der Waals surface area contributed by atoms with Gasteiger partial charge in [0.2, 0.25) is 0 Å². The molecule has 1 unspecified atom stereocenters. The van der Waals surface area contributed by atoms with Gasteiger partial charge in [0.25, 0.3) is 5.56 Å². The standard InChI is InChI=1S/C12H17IN2O2/c1-6(2)9-8(13)12(16)15-11(14-9)10(17-3)7-4-5-7/h6-7,10H,4-5H2,1-3H3,(H,14,15,16). The first-order valence-electron chi connectivity index (χ1n) is 5.87. The van der Waals surface area contributed by atoms with Gasteiger partial charge in [-0.1, -0.05) is 13.8 Å². The number of aromatic amines is 1. The van der Waals surface area contributed by atoms with Crippen LogP contribution in [-0.2, 0) is 4.74 Å². The molecule has 1 aliphatic carbocycles. The maximum absolute atomic E-state index is 11.9. The van der Waals surface area contributed by atoms with E-state index in [1.165, 1.54) is 0 Å². The van der Waals surface area contributed by atoms with E-state index < -0.39 is 0 Å². The molecule has 4 nitrogen and oxygen atoms in total. The Kier molecular flexibility index (Phi) is 3.87. The molecule has 0 saturated heterocycles. The van der Waals surface area contributed by atoms with Crippen LogP contribution in [0.3, 0.4) is 0 Å². The zero-order chi connectivity index (χ0) is 12.6. The Hall–Kier alpha value is -0.430. The van der Waals surface area contributed by atoms with Gasteiger partial charge in [-0.25, -0.2) is 4.98 Å². The molecule has 94 valence electrons. The van der Waals surface area contributed by atoms with E-state index in [0.717, 1.165) is 18.5 Å². The zero-order valence-electron chi connectivity index (χ0n) is 10.3. The number of hydrogen-bond donors (Lipinski definition) is 1. The molecule has 1 aromatic heterocycles. The van der Waals surface area contributed by atoms with E-state index in [-0.39, 0.29) is 17.6 Å². The number of halogens is 1. The highest BCUT2D eigenvalue weighted by Gasteiger charge is 2.34. The van der Waals surface area contributed by atoms with Crippen LogP contribution in [0.25, 0.3) is 0 Å². The van der Waals surface area contributed by atoms with Crippen LogP contribution in [0.5, 0.6) is 0 Å². The number of H-pyrrole nitrogens is 1. The second-order valence-corrected chi connectivity index (χ2v) is 5.88. The Bertz CT molecular complexity index is 466. The number of ether oxygens (including phenoxy) is 1. The van der Waals surface area contributed by atoms with Gasteiger partial charge in [0.05, 0.1) is 9.26 Å². The summed E-state index contributed by atoms with van der Waals surface area (Å²) in [5, 5.41) is 0. The Balaban J connectivity index is 2.44. The fourth-order valence-electron chi connectivity index (χ4n) is 1.94. The number of nitrogens with one attached hydrogen (secondary N) is 1. The molecule has 2 rings (SSSR count). The summed E-state index contributed by atoms with van der Waals surface area (Å²) >= 11 is 2.06. The maximum atomic E-state index is 11.9. The molecule has 5 heteroatoms. The highest BCUT2D eigenvalue weighted by Crippen LogP contribution is 2.41. The van der Waals surface area contributed by atoms with E-state index in [1.807, 2.05) is 13.8 Å². The van der Waals surface area contributed by atoms with Crippen molar-refractivity contribution in [3.63, 3.8) is 0 Å². The lowest BCUT2D eigenvalue weighted by Gasteiger charge is -2.16. The Morgan fingerprint density at radius 2 is 2.12 bits per heavy atom. The summed E-state index contributed by atoms with van der Waals surface area (Å²) in [5.41, 5.74) is 0.814. The summed E-state index contributed by atoms with van der Waals surface area (Å²) in [6.07, 6.45) is 2.26. The van der Waals surface area contributed by atoms with Crippen molar-refractivity contribution in [2.24, 2.45) is 5.92 Å². The molecule has 0 radical (unpaired) electrons. The fourth-order valence-corrected chi connectivity index (χ4v) is 2.82. The minimum absolute atomic E-state index is 0.0537. The first-order chi connectivity index (χ1) is 8.04. The Morgan fingerprint density at radius 3 is 2.59 bits per heavy atom. The van der Waals surface area contributed by atoms with Crippen molar-refractivity contribution in [1.29, 1.82) is 0 Å². The number of aromatic nitrogens is 2. The van der Waals surface area contributed by atoms with Crippen LogP contribution in [0.2, 0.25) is 0 Å². The largest absolute Gasteiger partial charge is 0.373 e. The molecule has 1 aliphatic rings. The molecule has 1 heterocycles. The van der Waals surface area contributed by atoms with Crippen molar-refractivity contribution in [2.45, 2.75) is 38.7 Å². The molecular weight excluding hydrogens is 331 g/mol. The lowest BCUT2D eigenvalue weighted by atomic mass is 10.1. The number of methoxy groups -OCH3 is 1. The highest BCUT2D eigenvalue weighted by molar-refractivity contribution is 14.1. The molecule has 1 fully saturated rings. The normalized spacial score (nSPS) is 17.5. The summed E-state index contributed by atoms with van der Waals surface area (Å²) in [4.78, 5) is 19.3. The topological polar surface area (TPSA) is 55.0 Å². The van der Waals surface area contributed by atoms with Gasteiger partial charge in [0, 0.05) is 7.11 Å². The van der Waals surface area contributed by atoms with E-state index in [0.29, 0.717) is 15.3 Å². The summed E-state index contributed by atoms with van der Waals surface area (Å²) in [6.45, 7) is 4.10. The second-order valence-electron chi connectivity index (χ2n) is 4.80. The smallest absolute Gasteiger partial charge is 0.264 e. The molecular formula is C12H17IN2O2. The van der Waals surface area contributed by atoms with Crippen LogP contribution >= 0.6 is 22.6 Å². The van der Waals surface area contributed by atoms with E-state index in [9.17, 15) is 4.79 Å². The van der Waals surface area contributed by atoms with Gasteiger partial charge < -0.3 is 9.72 Å². The molecule has 0 aliphatic heterocycles. The van der Waals surface area contributed by atoms with Gasteiger partial charge in [-0.15, -0.1) is 0 Å². The number of nitrogens with zero attached hydrogens (tertiary/aromatic N) is 1. The minimum atomic E-state index is -0.0581. The third-order valence-corrected chi connectivity index (χ3v) is 4.07. The Labute approximate surface area is 114 Å². The molecule has 0 spiro atoms. The maximum Gasteiger partial charge on any atom is 0.264 e. The SMILES string of the molecule is COC(c1nc(C(C)C)c(I)c(=O)[nH]1)C1CC1. The van der Waals surface area contributed by atoms with Crippen LogP contribution in [0.15, 0.2) is 4.79 Å². The number of hydrogen-bond acceptors (Lipinski definition) is 3. The van der Waals surface area contributed by atoms with E-state index in [2.05, 4.69) is 32.6 Å². The summed E-state index contributed by atoms with van der Waals surface area (Å²) in [6, 6.07) is 0. The van der Waals surface area contributed by atoms with Crippen LogP contribution in [0.4, 0.5) is 0 Å². The van der Waals surface area contributed by atoms with E-state index in [1.54, 1.807) is 7.11 Å². The second kappa shape index (κ2) is 5.06. The molecule has 0 amide bonds. The molecule has 17 heavy (non-hydrogen) atoms. The van der Waals surface area contributed by atoms with Gasteiger partial charge in [-0.05, 0) is 47.3 Å². The predicted octanol–water partition coefficient (Wildman–Crippen LogP) is 2.60. The predicted molar refractivity (Wildman–Crippen MR) is 74.1 cm³/mol. The lowest BCUT2D eigenvalue weighted by Crippen LogP contribution is -2.22.